The zero-order valence-electron chi connectivity index (χ0n) is 18.2. The summed E-state index contributed by atoms with van der Waals surface area (Å²) in [5.74, 6) is -2.99. The lowest BCUT2D eigenvalue weighted by atomic mass is 9.96. The summed E-state index contributed by atoms with van der Waals surface area (Å²) in [6, 6.07) is 16.5. The monoisotopic (exact) mass is 448 g/mol. The van der Waals surface area contributed by atoms with Crippen LogP contribution in [0.25, 0.3) is 10.8 Å². The fourth-order valence-electron chi connectivity index (χ4n) is 4.03. The van der Waals surface area contributed by atoms with E-state index in [1.54, 1.807) is 0 Å². The van der Waals surface area contributed by atoms with E-state index >= 15 is 0 Å². The smallest absolute Gasteiger partial charge is 0.292 e. The first-order chi connectivity index (χ1) is 15.7. The fraction of sp³-hybridized carbons (Fsp3) is 0.192. The standard InChI is InChI=1S/C26H22F2N2O3/c1-15(2)24-22(12-16-7-8-17-5-3-4-6-18(17)11-16)30(26(33)29-25(24)32)14-23(31)19-9-10-20(27)21(28)13-19/h3-11,13,15H,12,14H2,1-2H3,(H,29,32,33). The molecule has 0 aliphatic heterocycles. The molecule has 3 aromatic carbocycles. The van der Waals surface area contributed by atoms with Gasteiger partial charge in [0, 0.05) is 23.2 Å². The molecule has 0 radical (unpaired) electrons. The van der Waals surface area contributed by atoms with Gasteiger partial charge >= 0.3 is 5.69 Å². The van der Waals surface area contributed by atoms with E-state index in [2.05, 4.69) is 4.98 Å². The van der Waals surface area contributed by atoms with E-state index in [4.69, 9.17) is 0 Å². The highest BCUT2D eigenvalue weighted by Gasteiger charge is 2.21. The minimum atomic E-state index is -1.14. The largest absolute Gasteiger partial charge is 0.328 e. The van der Waals surface area contributed by atoms with Gasteiger partial charge in [-0.25, -0.2) is 13.6 Å². The van der Waals surface area contributed by atoms with Gasteiger partial charge in [-0.2, -0.15) is 0 Å². The van der Waals surface area contributed by atoms with Crippen LogP contribution in [0.2, 0.25) is 0 Å². The number of hydrogen-bond donors (Lipinski definition) is 1. The minimum absolute atomic E-state index is 0.0604. The maximum absolute atomic E-state index is 13.6. The lowest BCUT2D eigenvalue weighted by Gasteiger charge is -2.18. The second kappa shape index (κ2) is 8.94. The number of nitrogens with one attached hydrogen (secondary N) is 1. The van der Waals surface area contributed by atoms with E-state index in [1.165, 1.54) is 10.6 Å². The van der Waals surface area contributed by atoms with Crippen LogP contribution in [0.1, 0.15) is 46.9 Å². The fourth-order valence-corrected chi connectivity index (χ4v) is 4.03. The number of aromatic nitrogens is 2. The molecule has 0 atom stereocenters. The lowest BCUT2D eigenvalue weighted by molar-refractivity contribution is 0.0968. The van der Waals surface area contributed by atoms with E-state index in [0.717, 1.165) is 28.5 Å². The molecule has 1 aromatic heterocycles. The van der Waals surface area contributed by atoms with Gasteiger partial charge in [-0.3, -0.25) is 19.1 Å². The number of carbonyl (C=O) groups is 1. The molecule has 7 heteroatoms. The summed E-state index contributed by atoms with van der Waals surface area (Å²) in [7, 11) is 0. The Morgan fingerprint density at radius 3 is 2.36 bits per heavy atom. The van der Waals surface area contributed by atoms with Crippen LogP contribution in [0.15, 0.2) is 70.3 Å². The van der Waals surface area contributed by atoms with Gasteiger partial charge in [0.15, 0.2) is 17.4 Å². The number of carbonyl (C=O) groups excluding carboxylic acids is 1. The summed E-state index contributed by atoms with van der Waals surface area (Å²) in [6.07, 6.45) is 0.253. The average Bonchev–Trinajstić information content (AvgIpc) is 2.77. The Morgan fingerprint density at radius 1 is 0.939 bits per heavy atom. The molecule has 4 rings (SSSR count). The molecule has 0 bridgehead atoms. The highest BCUT2D eigenvalue weighted by atomic mass is 19.2. The quantitative estimate of drug-likeness (QED) is 0.440. The van der Waals surface area contributed by atoms with Gasteiger partial charge in [-0.05, 0) is 40.5 Å². The highest BCUT2D eigenvalue weighted by Crippen LogP contribution is 2.22. The summed E-state index contributed by atoms with van der Waals surface area (Å²) in [5.41, 5.74) is 0.411. The third-order valence-electron chi connectivity index (χ3n) is 5.65. The Balaban J connectivity index is 1.81. The molecule has 168 valence electrons. The van der Waals surface area contributed by atoms with Crippen LogP contribution in [0.5, 0.6) is 0 Å². The molecule has 5 nitrogen and oxygen atoms in total. The molecular formula is C26H22F2N2O3. The zero-order valence-corrected chi connectivity index (χ0v) is 18.2. The number of ketones is 1. The number of fused-ring (bicyclic) bond motifs is 1. The summed E-state index contributed by atoms with van der Waals surface area (Å²) >= 11 is 0. The molecular weight excluding hydrogens is 426 g/mol. The molecule has 0 unspecified atom stereocenters. The molecule has 4 aromatic rings. The number of H-pyrrole nitrogens is 1. The summed E-state index contributed by atoms with van der Waals surface area (Å²) in [6.45, 7) is 3.25. The predicted molar refractivity (Wildman–Crippen MR) is 123 cm³/mol. The third-order valence-corrected chi connectivity index (χ3v) is 5.65. The maximum atomic E-state index is 13.6. The van der Waals surface area contributed by atoms with Gasteiger partial charge in [0.2, 0.25) is 0 Å². The molecule has 0 saturated heterocycles. The first-order valence-corrected chi connectivity index (χ1v) is 10.6. The molecule has 1 N–H and O–H groups in total. The minimum Gasteiger partial charge on any atom is -0.292 e. The number of hydrogen-bond acceptors (Lipinski definition) is 3. The van der Waals surface area contributed by atoms with Gasteiger partial charge in [0.1, 0.15) is 0 Å². The molecule has 0 saturated carbocycles. The number of benzene rings is 3. The molecule has 0 spiro atoms. The van der Waals surface area contributed by atoms with Crippen molar-refractivity contribution in [3.05, 3.63) is 116 Å². The van der Waals surface area contributed by atoms with E-state index in [1.807, 2.05) is 56.3 Å². The Bertz CT molecular complexity index is 1490. The van der Waals surface area contributed by atoms with E-state index in [9.17, 15) is 23.2 Å². The van der Waals surface area contributed by atoms with E-state index < -0.39 is 35.2 Å². The van der Waals surface area contributed by atoms with Crippen LogP contribution in [0.3, 0.4) is 0 Å². The molecule has 0 aliphatic rings. The number of nitrogens with zero attached hydrogens (tertiary/aromatic N) is 1. The van der Waals surface area contributed by atoms with Crippen LogP contribution >= 0.6 is 0 Å². The number of aromatic amines is 1. The van der Waals surface area contributed by atoms with Gasteiger partial charge in [0.05, 0.1) is 6.54 Å². The summed E-state index contributed by atoms with van der Waals surface area (Å²) < 4.78 is 28.1. The SMILES string of the molecule is CC(C)c1c(Cc2ccc3ccccc3c2)n(CC(=O)c2ccc(F)c(F)c2)c(=O)[nH]c1=O. The zero-order chi connectivity index (χ0) is 23.7. The lowest BCUT2D eigenvalue weighted by Crippen LogP contribution is -2.37. The van der Waals surface area contributed by atoms with Gasteiger partial charge < -0.3 is 0 Å². The Morgan fingerprint density at radius 2 is 1.67 bits per heavy atom. The third kappa shape index (κ3) is 4.53. The number of rotatable bonds is 6. The van der Waals surface area contributed by atoms with Crippen molar-refractivity contribution >= 4 is 16.6 Å². The maximum Gasteiger partial charge on any atom is 0.328 e. The first kappa shape index (κ1) is 22.3. The van der Waals surface area contributed by atoms with E-state index in [0.29, 0.717) is 11.3 Å². The first-order valence-electron chi connectivity index (χ1n) is 10.6. The number of halogens is 2. The van der Waals surface area contributed by atoms with Crippen molar-refractivity contribution in [2.45, 2.75) is 32.7 Å². The predicted octanol–water partition coefficient (Wildman–Crippen LogP) is 4.57. The summed E-state index contributed by atoms with van der Waals surface area (Å²) in [4.78, 5) is 40.5. The van der Waals surface area contributed by atoms with Crippen molar-refractivity contribution < 1.29 is 13.6 Å². The van der Waals surface area contributed by atoms with Crippen LogP contribution in [-0.2, 0) is 13.0 Å². The topological polar surface area (TPSA) is 71.9 Å². The van der Waals surface area contributed by atoms with Crippen LogP contribution in [0.4, 0.5) is 8.78 Å². The molecule has 0 fully saturated rings. The summed E-state index contributed by atoms with van der Waals surface area (Å²) in [5, 5.41) is 2.07. The van der Waals surface area contributed by atoms with Gasteiger partial charge in [0.25, 0.3) is 5.56 Å². The van der Waals surface area contributed by atoms with Crippen molar-refractivity contribution in [2.24, 2.45) is 0 Å². The molecule has 1 heterocycles. The van der Waals surface area contributed by atoms with Crippen LogP contribution in [0, 0.1) is 11.6 Å². The van der Waals surface area contributed by atoms with Crippen LogP contribution < -0.4 is 11.2 Å². The highest BCUT2D eigenvalue weighted by molar-refractivity contribution is 5.96. The number of Topliss-reactive ketones (excluding diaryl/α,β-unsaturated/α-hetero) is 1. The van der Waals surface area contributed by atoms with Crippen molar-refractivity contribution in [3.63, 3.8) is 0 Å². The van der Waals surface area contributed by atoms with Crippen LogP contribution in [-0.4, -0.2) is 15.3 Å². The average molecular weight is 448 g/mol. The van der Waals surface area contributed by atoms with E-state index in [-0.39, 0.29) is 17.9 Å². The van der Waals surface area contributed by atoms with Gasteiger partial charge in [-0.1, -0.05) is 56.3 Å². The Hall–Kier alpha value is -3.87. The van der Waals surface area contributed by atoms with Crippen molar-refractivity contribution in [3.8, 4) is 0 Å². The second-order valence-corrected chi connectivity index (χ2v) is 8.27. The Kier molecular flexibility index (Phi) is 6.05. The Labute approximate surface area is 188 Å². The molecule has 0 amide bonds. The normalized spacial score (nSPS) is 11.3. The molecule has 33 heavy (non-hydrogen) atoms. The molecule has 0 aliphatic carbocycles. The second-order valence-electron chi connectivity index (χ2n) is 8.27. The van der Waals surface area contributed by atoms with Crippen molar-refractivity contribution in [1.82, 2.24) is 9.55 Å². The van der Waals surface area contributed by atoms with Crippen molar-refractivity contribution in [1.29, 1.82) is 0 Å². The van der Waals surface area contributed by atoms with Gasteiger partial charge in [-0.15, -0.1) is 0 Å². The van der Waals surface area contributed by atoms with Crippen molar-refractivity contribution in [2.75, 3.05) is 0 Å².